The van der Waals surface area contributed by atoms with Gasteiger partial charge in [-0.25, -0.2) is 0 Å². The Bertz CT molecular complexity index is 335. The largest absolute Gasteiger partial charge is 0.372 e. The minimum Gasteiger partial charge on any atom is -0.372 e. The first-order chi connectivity index (χ1) is 8.77. The van der Waals surface area contributed by atoms with Gasteiger partial charge in [0.2, 0.25) is 0 Å². The van der Waals surface area contributed by atoms with Gasteiger partial charge in [-0.1, -0.05) is 13.8 Å². The van der Waals surface area contributed by atoms with E-state index in [1.54, 1.807) is 0 Å². The van der Waals surface area contributed by atoms with Crippen LogP contribution in [0.2, 0.25) is 0 Å². The third kappa shape index (κ3) is 5.63. The highest BCUT2D eigenvalue weighted by atomic mass is 35.5. The van der Waals surface area contributed by atoms with Crippen LogP contribution in [0.4, 0.5) is 0 Å². The van der Waals surface area contributed by atoms with Crippen molar-refractivity contribution in [3.63, 3.8) is 0 Å². The van der Waals surface area contributed by atoms with Crippen LogP contribution in [0.3, 0.4) is 0 Å². The molecular weight excluding hydrogens is 299 g/mol. The van der Waals surface area contributed by atoms with E-state index in [4.69, 9.17) is 0 Å². The molecule has 2 heterocycles. The second-order valence-corrected chi connectivity index (χ2v) is 4.84. The summed E-state index contributed by atoms with van der Waals surface area (Å²) in [5.41, 5.74) is 0. The summed E-state index contributed by atoms with van der Waals surface area (Å²) in [7, 11) is 0. The summed E-state index contributed by atoms with van der Waals surface area (Å²) in [6.45, 7) is 9.36. The van der Waals surface area contributed by atoms with Crippen LogP contribution < -0.4 is 10.6 Å². The van der Waals surface area contributed by atoms with Crippen molar-refractivity contribution in [2.24, 2.45) is 32.0 Å². The van der Waals surface area contributed by atoms with E-state index in [1.807, 2.05) is 0 Å². The normalized spacial score (nSPS) is 20.1. The molecule has 0 bridgehead atoms. The molecule has 0 saturated heterocycles. The molecule has 0 saturated carbocycles. The standard InChI is InChI=1S/C12H22N6.2ClH/c1-9(11-13-3-4-14-11)7-17-18-8-10(2)12-15-5-6-16-12;;/h9-10H,3-8H2,1-2H3,(H,13,14)(H,15,16);2*1H/b18-17+;;. The third-order valence-corrected chi connectivity index (χ3v) is 3.14. The van der Waals surface area contributed by atoms with Crippen molar-refractivity contribution in [2.75, 3.05) is 39.3 Å². The van der Waals surface area contributed by atoms with Crippen molar-refractivity contribution in [1.29, 1.82) is 0 Å². The first kappa shape index (κ1) is 19.1. The Kier molecular flexibility index (Phi) is 9.50. The van der Waals surface area contributed by atoms with Crippen LogP contribution in [-0.4, -0.2) is 50.9 Å². The van der Waals surface area contributed by atoms with Gasteiger partial charge in [0.15, 0.2) is 0 Å². The number of amidine groups is 2. The lowest BCUT2D eigenvalue weighted by atomic mass is 10.1. The van der Waals surface area contributed by atoms with E-state index in [9.17, 15) is 0 Å². The van der Waals surface area contributed by atoms with Gasteiger partial charge in [0.05, 0.1) is 26.2 Å². The number of rotatable bonds is 6. The van der Waals surface area contributed by atoms with Crippen LogP contribution in [0.5, 0.6) is 0 Å². The monoisotopic (exact) mass is 322 g/mol. The predicted octanol–water partition coefficient (Wildman–Crippen LogP) is 1.56. The molecule has 0 radical (unpaired) electrons. The van der Waals surface area contributed by atoms with E-state index in [0.717, 1.165) is 37.9 Å². The van der Waals surface area contributed by atoms with E-state index in [1.165, 1.54) is 0 Å². The van der Waals surface area contributed by atoms with Crippen LogP contribution in [0.1, 0.15) is 13.8 Å². The smallest absolute Gasteiger partial charge is 0.101 e. The van der Waals surface area contributed by atoms with Crippen LogP contribution in [0.15, 0.2) is 20.2 Å². The number of azo groups is 1. The van der Waals surface area contributed by atoms with E-state index in [0.29, 0.717) is 24.9 Å². The lowest BCUT2D eigenvalue weighted by Gasteiger charge is -2.09. The Morgan fingerprint density at radius 2 is 1.30 bits per heavy atom. The Morgan fingerprint density at radius 3 is 1.60 bits per heavy atom. The maximum absolute atomic E-state index is 4.39. The Labute approximate surface area is 132 Å². The molecule has 0 aromatic rings. The molecule has 20 heavy (non-hydrogen) atoms. The quantitative estimate of drug-likeness (QED) is 0.728. The molecule has 6 nitrogen and oxygen atoms in total. The van der Waals surface area contributed by atoms with Crippen molar-refractivity contribution in [3.05, 3.63) is 0 Å². The summed E-state index contributed by atoms with van der Waals surface area (Å²) in [6.07, 6.45) is 0. The van der Waals surface area contributed by atoms with Gasteiger partial charge in [0.25, 0.3) is 0 Å². The first-order valence-corrected chi connectivity index (χ1v) is 6.67. The summed E-state index contributed by atoms with van der Waals surface area (Å²) in [5.74, 6) is 2.83. The van der Waals surface area contributed by atoms with E-state index < -0.39 is 0 Å². The van der Waals surface area contributed by atoms with Crippen LogP contribution in [-0.2, 0) is 0 Å². The molecule has 0 aromatic heterocycles. The van der Waals surface area contributed by atoms with Crippen molar-refractivity contribution >= 4 is 36.5 Å². The zero-order valence-corrected chi connectivity index (χ0v) is 13.6. The zero-order chi connectivity index (χ0) is 12.8. The molecule has 2 unspecified atom stereocenters. The summed E-state index contributed by atoms with van der Waals surface area (Å²) in [6, 6.07) is 0. The number of hydrogen-bond donors (Lipinski definition) is 2. The van der Waals surface area contributed by atoms with Crippen LogP contribution in [0.25, 0.3) is 0 Å². The number of aliphatic imine (C=N–C) groups is 2. The van der Waals surface area contributed by atoms with Crippen LogP contribution in [0, 0.1) is 11.8 Å². The molecule has 2 rings (SSSR count). The molecule has 2 N–H and O–H groups in total. The fraction of sp³-hybridized carbons (Fsp3) is 0.833. The lowest BCUT2D eigenvalue weighted by molar-refractivity contribution is 0.674. The van der Waals surface area contributed by atoms with Crippen molar-refractivity contribution in [3.8, 4) is 0 Å². The van der Waals surface area contributed by atoms with Gasteiger partial charge in [-0.05, 0) is 0 Å². The van der Waals surface area contributed by atoms with E-state index in [-0.39, 0.29) is 24.8 Å². The van der Waals surface area contributed by atoms with Gasteiger partial charge in [0, 0.05) is 24.9 Å². The van der Waals surface area contributed by atoms with E-state index in [2.05, 4.69) is 44.7 Å². The van der Waals surface area contributed by atoms with Gasteiger partial charge in [-0.15, -0.1) is 24.8 Å². The average Bonchev–Trinajstić information content (AvgIpc) is 3.05. The van der Waals surface area contributed by atoms with Crippen molar-refractivity contribution in [2.45, 2.75) is 13.8 Å². The van der Waals surface area contributed by atoms with E-state index >= 15 is 0 Å². The predicted molar refractivity (Wildman–Crippen MR) is 88.0 cm³/mol. The number of nitrogens with zero attached hydrogens (tertiary/aromatic N) is 4. The molecule has 2 atom stereocenters. The average molecular weight is 323 g/mol. The molecular formula is C12H24Cl2N6. The van der Waals surface area contributed by atoms with Gasteiger partial charge in [-0.3, -0.25) is 9.98 Å². The maximum atomic E-state index is 4.39. The SMILES string of the molecule is CC(C/N=N/CC(C)C1=NCCN1)C1=NCCN1.Cl.Cl. The fourth-order valence-corrected chi connectivity index (χ4v) is 2.03. The second kappa shape index (κ2) is 9.94. The van der Waals surface area contributed by atoms with Gasteiger partial charge >= 0.3 is 0 Å². The minimum absolute atomic E-state index is 0. The molecule has 0 aliphatic carbocycles. The second-order valence-electron chi connectivity index (χ2n) is 4.84. The molecule has 2 aliphatic heterocycles. The molecule has 0 aromatic carbocycles. The summed E-state index contributed by atoms with van der Waals surface area (Å²) in [5, 5.41) is 15.0. The third-order valence-electron chi connectivity index (χ3n) is 3.14. The van der Waals surface area contributed by atoms with Gasteiger partial charge < -0.3 is 10.6 Å². The van der Waals surface area contributed by atoms with Crippen LogP contribution >= 0.6 is 24.8 Å². The number of halogens is 2. The minimum atomic E-state index is 0. The molecule has 2 aliphatic rings. The summed E-state index contributed by atoms with van der Waals surface area (Å²) in [4.78, 5) is 8.77. The molecule has 0 fully saturated rings. The van der Waals surface area contributed by atoms with Gasteiger partial charge in [-0.2, -0.15) is 10.2 Å². The van der Waals surface area contributed by atoms with Crippen molar-refractivity contribution in [1.82, 2.24) is 10.6 Å². The molecule has 0 spiro atoms. The maximum Gasteiger partial charge on any atom is 0.101 e. The Hall–Kier alpha value is -0.880. The highest BCUT2D eigenvalue weighted by molar-refractivity contribution is 5.86. The Balaban J connectivity index is 0.00000180. The number of nitrogens with one attached hydrogen (secondary N) is 2. The number of hydrogen-bond acceptors (Lipinski definition) is 6. The Morgan fingerprint density at radius 1 is 0.900 bits per heavy atom. The van der Waals surface area contributed by atoms with Gasteiger partial charge in [0.1, 0.15) is 11.7 Å². The lowest BCUT2D eigenvalue weighted by Crippen LogP contribution is -2.27. The topological polar surface area (TPSA) is 73.5 Å². The highest BCUT2D eigenvalue weighted by Gasteiger charge is 2.14. The summed E-state index contributed by atoms with van der Waals surface area (Å²) >= 11 is 0. The van der Waals surface area contributed by atoms with Crippen molar-refractivity contribution < 1.29 is 0 Å². The zero-order valence-electron chi connectivity index (χ0n) is 12.0. The first-order valence-electron chi connectivity index (χ1n) is 6.67. The fourth-order valence-electron chi connectivity index (χ4n) is 2.03. The molecule has 116 valence electrons. The summed E-state index contributed by atoms with van der Waals surface area (Å²) < 4.78 is 0. The highest BCUT2D eigenvalue weighted by Crippen LogP contribution is 2.04. The molecule has 0 amide bonds. The molecule has 8 heteroatoms.